The van der Waals surface area contributed by atoms with Gasteiger partial charge < -0.3 is 20.1 Å². The third-order valence-corrected chi connectivity index (χ3v) is 7.30. The smallest absolute Gasteiger partial charge is 0.416 e. The topological polar surface area (TPSA) is 119 Å². The molecule has 2 fully saturated rings. The number of rotatable bonds is 3. The monoisotopic (exact) mass is 468 g/mol. The maximum Gasteiger partial charge on any atom is 0.416 e. The lowest BCUT2D eigenvalue weighted by molar-refractivity contribution is -0.118. The van der Waals surface area contributed by atoms with E-state index in [-0.39, 0.29) is 42.1 Å². The van der Waals surface area contributed by atoms with Gasteiger partial charge in [0, 0.05) is 17.8 Å². The standard InChI is InChI=1S/C23H25FN6O4/c1-12-15-6-14(7-16(15)17(24)8-25-12)27-13-2-4-23(5-3-13)11-30(22(32)34-23)18-9-26-21-20(28-18)29-19(31)10-33-21/h8-9,13-14,27H,2-7,10-11H2,1H3,(H,28,29,31)/t13-,14?,23+. The van der Waals surface area contributed by atoms with E-state index >= 15 is 0 Å². The molecular formula is C23H25FN6O4. The summed E-state index contributed by atoms with van der Waals surface area (Å²) in [7, 11) is 0. The summed E-state index contributed by atoms with van der Waals surface area (Å²) in [5, 5.41) is 6.30. The molecule has 11 heteroatoms. The van der Waals surface area contributed by atoms with Crippen molar-refractivity contribution in [2.75, 3.05) is 23.4 Å². The molecule has 6 rings (SSSR count). The van der Waals surface area contributed by atoms with Crippen molar-refractivity contribution in [3.05, 3.63) is 35.0 Å². The minimum Gasteiger partial charge on any atom is -0.465 e. The summed E-state index contributed by atoms with van der Waals surface area (Å²) in [4.78, 5) is 38.4. The van der Waals surface area contributed by atoms with Crippen LogP contribution >= 0.6 is 0 Å². The number of amides is 2. The minimum absolute atomic E-state index is 0.108. The second-order valence-electron chi connectivity index (χ2n) is 9.55. The van der Waals surface area contributed by atoms with Crippen molar-refractivity contribution in [2.24, 2.45) is 0 Å². The van der Waals surface area contributed by atoms with Crippen LogP contribution in [0.4, 0.5) is 20.8 Å². The van der Waals surface area contributed by atoms with Crippen LogP contribution in [-0.2, 0) is 22.4 Å². The summed E-state index contributed by atoms with van der Waals surface area (Å²) in [5.41, 5.74) is 2.14. The number of ether oxygens (including phenoxy) is 2. The van der Waals surface area contributed by atoms with E-state index in [0.29, 0.717) is 18.8 Å². The van der Waals surface area contributed by atoms with E-state index in [9.17, 15) is 14.0 Å². The Kier molecular flexibility index (Phi) is 4.91. The molecule has 2 aliphatic carbocycles. The number of carbonyl (C=O) groups excluding carboxylic acids is 2. The molecule has 1 atom stereocenters. The van der Waals surface area contributed by atoms with Crippen LogP contribution in [0.5, 0.6) is 5.88 Å². The molecule has 1 saturated carbocycles. The Morgan fingerprint density at radius 3 is 2.74 bits per heavy atom. The van der Waals surface area contributed by atoms with Crippen molar-refractivity contribution < 1.29 is 23.5 Å². The van der Waals surface area contributed by atoms with Gasteiger partial charge in [-0.3, -0.25) is 14.7 Å². The molecule has 178 valence electrons. The number of hydrogen-bond donors (Lipinski definition) is 2. The van der Waals surface area contributed by atoms with Gasteiger partial charge in [0.25, 0.3) is 11.8 Å². The van der Waals surface area contributed by atoms with Crippen LogP contribution in [0.3, 0.4) is 0 Å². The fourth-order valence-corrected chi connectivity index (χ4v) is 5.54. The van der Waals surface area contributed by atoms with Crippen molar-refractivity contribution >= 4 is 23.6 Å². The summed E-state index contributed by atoms with van der Waals surface area (Å²) in [5.74, 6) is 0.222. The van der Waals surface area contributed by atoms with Crippen LogP contribution in [0.25, 0.3) is 0 Å². The second-order valence-corrected chi connectivity index (χ2v) is 9.55. The molecule has 0 bridgehead atoms. The number of halogens is 1. The summed E-state index contributed by atoms with van der Waals surface area (Å²) in [6, 6.07) is 0.474. The predicted octanol–water partition coefficient (Wildman–Crippen LogP) is 2.05. The Balaban J connectivity index is 1.09. The van der Waals surface area contributed by atoms with Crippen LogP contribution < -0.4 is 20.3 Å². The Labute approximate surface area is 195 Å². The van der Waals surface area contributed by atoms with Crippen molar-refractivity contribution in [3.63, 3.8) is 0 Å². The van der Waals surface area contributed by atoms with Crippen LogP contribution in [0.2, 0.25) is 0 Å². The second kappa shape index (κ2) is 7.86. The van der Waals surface area contributed by atoms with Crippen LogP contribution in [0.15, 0.2) is 12.4 Å². The molecule has 0 aromatic carbocycles. The molecule has 2 aromatic heterocycles. The number of hydrogen-bond acceptors (Lipinski definition) is 8. The van der Waals surface area contributed by atoms with Crippen molar-refractivity contribution in [3.8, 4) is 5.88 Å². The van der Waals surface area contributed by atoms with E-state index in [4.69, 9.17) is 9.47 Å². The minimum atomic E-state index is -0.572. The van der Waals surface area contributed by atoms with Crippen molar-refractivity contribution in [1.82, 2.24) is 20.3 Å². The van der Waals surface area contributed by atoms with Gasteiger partial charge in [0.1, 0.15) is 11.4 Å². The molecule has 0 radical (unpaired) electrons. The SMILES string of the molecule is Cc1ncc(F)c2c1CC(N[C@H]1CC[C@@]3(CC1)CN(c1cnc4c(n1)NC(=O)CO4)C(=O)O3)C2. The van der Waals surface area contributed by atoms with Gasteiger partial charge in [0.05, 0.1) is 18.9 Å². The predicted molar refractivity (Wildman–Crippen MR) is 118 cm³/mol. The number of nitrogens with one attached hydrogen (secondary N) is 2. The fraction of sp³-hybridized carbons (Fsp3) is 0.522. The zero-order chi connectivity index (χ0) is 23.4. The third-order valence-electron chi connectivity index (χ3n) is 7.30. The summed E-state index contributed by atoms with van der Waals surface area (Å²) < 4.78 is 25.2. The van der Waals surface area contributed by atoms with Gasteiger partial charge in [-0.15, -0.1) is 0 Å². The molecule has 2 amide bonds. The molecule has 10 nitrogen and oxygen atoms in total. The highest BCUT2D eigenvalue weighted by molar-refractivity contribution is 5.94. The van der Waals surface area contributed by atoms with Crippen LogP contribution in [0, 0.1) is 12.7 Å². The average Bonchev–Trinajstić information content (AvgIpc) is 3.39. The number of nitrogens with zero attached hydrogens (tertiary/aromatic N) is 4. The lowest BCUT2D eigenvalue weighted by atomic mass is 9.81. The Morgan fingerprint density at radius 2 is 1.94 bits per heavy atom. The van der Waals surface area contributed by atoms with E-state index in [1.165, 1.54) is 17.3 Å². The molecule has 4 aliphatic rings. The zero-order valence-corrected chi connectivity index (χ0v) is 18.8. The van der Waals surface area contributed by atoms with Crippen molar-refractivity contribution in [2.45, 2.75) is 63.1 Å². The number of carbonyl (C=O) groups is 2. The molecule has 4 heterocycles. The van der Waals surface area contributed by atoms with E-state index < -0.39 is 11.7 Å². The lowest BCUT2D eigenvalue weighted by Crippen LogP contribution is -2.47. The number of pyridine rings is 1. The van der Waals surface area contributed by atoms with Gasteiger partial charge in [0.15, 0.2) is 18.2 Å². The van der Waals surface area contributed by atoms with Gasteiger partial charge in [-0.2, -0.15) is 0 Å². The third kappa shape index (κ3) is 3.64. The largest absolute Gasteiger partial charge is 0.465 e. The quantitative estimate of drug-likeness (QED) is 0.703. The summed E-state index contributed by atoms with van der Waals surface area (Å²) in [6.07, 6.45) is 6.92. The highest BCUT2D eigenvalue weighted by Gasteiger charge is 2.48. The van der Waals surface area contributed by atoms with E-state index in [1.807, 2.05) is 6.92 Å². The first-order valence-electron chi connectivity index (χ1n) is 11.6. The van der Waals surface area contributed by atoms with Gasteiger partial charge >= 0.3 is 6.09 Å². The van der Waals surface area contributed by atoms with Gasteiger partial charge in [-0.1, -0.05) is 0 Å². The first-order chi connectivity index (χ1) is 16.4. The highest BCUT2D eigenvalue weighted by atomic mass is 19.1. The average molecular weight is 468 g/mol. The fourth-order valence-electron chi connectivity index (χ4n) is 5.54. The maximum atomic E-state index is 14.2. The molecule has 1 unspecified atom stereocenters. The molecule has 2 aromatic rings. The summed E-state index contributed by atoms with van der Waals surface area (Å²) >= 11 is 0. The normalized spacial score (nSPS) is 27.8. The molecule has 2 N–H and O–H groups in total. The maximum absolute atomic E-state index is 14.2. The number of anilines is 2. The molecular weight excluding hydrogens is 443 g/mol. The van der Waals surface area contributed by atoms with E-state index in [2.05, 4.69) is 25.6 Å². The van der Waals surface area contributed by atoms with E-state index in [0.717, 1.165) is 48.9 Å². The Morgan fingerprint density at radius 1 is 1.15 bits per heavy atom. The van der Waals surface area contributed by atoms with Gasteiger partial charge in [-0.25, -0.2) is 19.2 Å². The van der Waals surface area contributed by atoms with Crippen LogP contribution in [-0.4, -0.2) is 57.8 Å². The molecule has 1 spiro atoms. The van der Waals surface area contributed by atoms with Crippen LogP contribution in [0.1, 0.15) is 42.5 Å². The molecule has 34 heavy (non-hydrogen) atoms. The number of fused-ring (bicyclic) bond motifs is 2. The van der Waals surface area contributed by atoms with E-state index in [1.54, 1.807) is 0 Å². The first-order valence-corrected chi connectivity index (χ1v) is 11.6. The van der Waals surface area contributed by atoms with Gasteiger partial charge in [0.2, 0.25) is 0 Å². The molecule has 2 aliphatic heterocycles. The summed E-state index contributed by atoms with van der Waals surface area (Å²) in [6.45, 7) is 2.20. The Hall–Kier alpha value is -3.34. The number of aromatic nitrogens is 3. The molecule has 1 saturated heterocycles. The lowest BCUT2D eigenvalue weighted by Gasteiger charge is -2.36. The Bertz CT molecular complexity index is 1150. The van der Waals surface area contributed by atoms with Gasteiger partial charge in [-0.05, 0) is 56.6 Å². The number of aryl methyl sites for hydroxylation is 1. The zero-order valence-electron chi connectivity index (χ0n) is 18.8. The highest BCUT2D eigenvalue weighted by Crippen LogP contribution is 2.39. The van der Waals surface area contributed by atoms with Crippen molar-refractivity contribution in [1.29, 1.82) is 0 Å². The first kappa shape index (κ1) is 21.2.